The molecule has 1 amide bonds. The van der Waals surface area contributed by atoms with Gasteiger partial charge in [0.15, 0.2) is 0 Å². The fourth-order valence-electron chi connectivity index (χ4n) is 1.80. The van der Waals surface area contributed by atoms with Crippen molar-refractivity contribution in [3.8, 4) is 0 Å². The van der Waals surface area contributed by atoms with Gasteiger partial charge < -0.3 is 15.3 Å². The molecule has 18 heavy (non-hydrogen) atoms. The second kappa shape index (κ2) is 7.84. The van der Waals surface area contributed by atoms with E-state index in [1.165, 1.54) is 0 Å². The van der Waals surface area contributed by atoms with Gasteiger partial charge in [-0.25, -0.2) is 0 Å². The van der Waals surface area contributed by atoms with E-state index in [1.54, 1.807) is 4.90 Å². The van der Waals surface area contributed by atoms with E-state index in [1.807, 2.05) is 44.2 Å². The highest BCUT2D eigenvalue weighted by Gasteiger charge is 2.10. The average Bonchev–Trinajstić information content (AvgIpc) is 2.41. The highest BCUT2D eigenvalue weighted by atomic mass is 16.3. The van der Waals surface area contributed by atoms with Crippen LogP contribution >= 0.6 is 0 Å². The Morgan fingerprint density at radius 2 is 1.89 bits per heavy atom. The zero-order valence-corrected chi connectivity index (χ0v) is 11.1. The van der Waals surface area contributed by atoms with Gasteiger partial charge in [-0.05, 0) is 19.4 Å². The Morgan fingerprint density at radius 1 is 1.28 bits per heavy atom. The lowest BCUT2D eigenvalue weighted by Gasteiger charge is -2.19. The molecule has 100 valence electrons. The van der Waals surface area contributed by atoms with Crippen molar-refractivity contribution in [2.24, 2.45) is 0 Å². The van der Waals surface area contributed by atoms with Crippen LogP contribution in [0, 0.1) is 0 Å². The van der Waals surface area contributed by atoms with Crippen molar-refractivity contribution in [3.05, 3.63) is 35.9 Å². The lowest BCUT2D eigenvalue weighted by atomic mass is 10.1. The molecule has 4 heteroatoms. The minimum absolute atomic E-state index is 0.0697. The minimum Gasteiger partial charge on any atom is -0.387 e. The summed E-state index contributed by atoms with van der Waals surface area (Å²) in [5.74, 6) is 0.0697. The number of aliphatic hydroxyl groups is 1. The third-order valence-electron chi connectivity index (χ3n) is 2.91. The summed E-state index contributed by atoms with van der Waals surface area (Å²) in [5, 5.41) is 12.9. The predicted octanol–water partition coefficient (Wildman–Crippen LogP) is 1.18. The minimum atomic E-state index is -0.573. The van der Waals surface area contributed by atoms with Crippen LogP contribution < -0.4 is 5.32 Å². The van der Waals surface area contributed by atoms with Crippen molar-refractivity contribution >= 4 is 5.91 Å². The number of nitrogens with zero attached hydrogens (tertiary/aromatic N) is 1. The average molecular weight is 250 g/mol. The Kier molecular flexibility index (Phi) is 6.39. The molecule has 1 aromatic carbocycles. The van der Waals surface area contributed by atoms with E-state index in [4.69, 9.17) is 0 Å². The molecule has 0 fully saturated rings. The Bertz CT molecular complexity index is 350. The standard InChI is InChI=1S/C14H22N2O2/c1-3-16(4-2)14(18)11-15-10-13(17)12-8-6-5-7-9-12/h5-9,13,15,17H,3-4,10-11H2,1-2H3. The van der Waals surface area contributed by atoms with Gasteiger partial charge in [-0.2, -0.15) is 0 Å². The number of benzene rings is 1. The Morgan fingerprint density at radius 3 is 2.44 bits per heavy atom. The van der Waals surface area contributed by atoms with Crippen molar-refractivity contribution in [3.63, 3.8) is 0 Å². The molecule has 0 aliphatic heterocycles. The molecule has 1 aromatic rings. The first-order valence-electron chi connectivity index (χ1n) is 6.40. The molecule has 0 spiro atoms. The number of likely N-dealkylation sites (N-methyl/N-ethyl adjacent to an activating group) is 1. The van der Waals surface area contributed by atoms with E-state index in [9.17, 15) is 9.90 Å². The molecule has 1 rings (SSSR count). The van der Waals surface area contributed by atoms with Crippen LogP contribution in [-0.4, -0.2) is 42.1 Å². The molecular weight excluding hydrogens is 228 g/mol. The van der Waals surface area contributed by atoms with Crippen LogP contribution in [0.3, 0.4) is 0 Å². The van der Waals surface area contributed by atoms with Crippen molar-refractivity contribution < 1.29 is 9.90 Å². The lowest BCUT2D eigenvalue weighted by molar-refractivity contribution is -0.129. The fourth-order valence-corrected chi connectivity index (χ4v) is 1.80. The molecule has 0 radical (unpaired) electrons. The summed E-state index contributed by atoms with van der Waals surface area (Å²) < 4.78 is 0. The molecule has 0 saturated carbocycles. The van der Waals surface area contributed by atoms with Gasteiger partial charge in [-0.3, -0.25) is 4.79 Å². The second-order valence-corrected chi connectivity index (χ2v) is 4.12. The van der Waals surface area contributed by atoms with Crippen molar-refractivity contribution in [2.45, 2.75) is 20.0 Å². The summed E-state index contributed by atoms with van der Waals surface area (Å²) in [6.07, 6.45) is -0.573. The van der Waals surface area contributed by atoms with E-state index in [2.05, 4.69) is 5.32 Å². The van der Waals surface area contributed by atoms with Crippen LogP contribution in [-0.2, 0) is 4.79 Å². The summed E-state index contributed by atoms with van der Waals surface area (Å²) in [7, 11) is 0. The maximum absolute atomic E-state index is 11.7. The summed E-state index contributed by atoms with van der Waals surface area (Å²) in [5.41, 5.74) is 0.861. The molecule has 0 aliphatic carbocycles. The molecule has 0 bridgehead atoms. The van der Waals surface area contributed by atoms with Crippen molar-refractivity contribution in [2.75, 3.05) is 26.2 Å². The SMILES string of the molecule is CCN(CC)C(=O)CNCC(O)c1ccccc1. The van der Waals surface area contributed by atoms with Crippen LogP contribution in [0.4, 0.5) is 0 Å². The van der Waals surface area contributed by atoms with Gasteiger partial charge in [0.25, 0.3) is 0 Å². The first-order chi connectivity index (χ1) is 8.69. The van der Waals surface area contributed by atoms with Crippen LogP contribution in [0.1, 0.15) is 25.5 Å². The maximum Gasteiger partial charge on any atom is 0.236 e. The van der Waals surface area contributed by atoms with Crippen LogP contribution in [0.2, 0.25) is 0 Å². The summed E-state index contributed by atoms with van der Waals surface area (Å²) in [4.78, 5) is 13.5. The Hall–Kier alpha value is -1.39. The first kappa shape index (κ1) is 14.7. The number of carbonyl (C=O) groups excluding carboxylic acids is 1. The highest BCUT2D eigenvalue weighted by molar-refractivity contribution is 5.78. The number of amides is 1. The number of hydrogen-bond acceptors (Lipinski definition) is 3. The summed E-state index contributed by atoms with van der Waals surface area (Å²) in [6.45, 7) is 6.01. The van der Waals surface area contributed by atoms with Gasteiger partial charge in [0.2, 0.25) is 5.91 Å². The van der Waals surface area contributed by atoms with E-state index in [0.29, 0.717) is 6.54 Å². The second-order valence-electron chi connectivity index (χ2n) is 4.12. The van der Waals surface area contributed by atoms with E-state index < -0.39 is 6.10 Å². The molecule has 0 heterocycles. The molecule has 1 unspecified atom stereocenters. The van der Waals surface area contributed by atoms with Crippen LogP contribution in [0.5, 0.6) is 0 Å². The zero-order valence-electron chi connectivity index (χ0n) is 11.1. The Labute approximate surface area is 109 Å². The molecule has 0 aliphatic rings. The number of nitrogens with one attached hydrogen (secondary N) is 1. The zero-order chi connectivity index (χ0) is 13.4. The number of carbonyl (C=O) groups is 1. The maximum atomic E-state index is 11.7. The van der Waals surface area contributed by atoms with Gasteiger partial charge >= 0.3 is 0 Å². The molecular formula is C14H22N2O2. The molecule has 0 aromatic heterocycles. The third kappa shape index (κ3) is 4.47. The summed E-state index contributed by atoms with van der Waals surface area (Å²) in [6, 6.07) is 9.43. The molecule has 2 N–H and O–H groups in total. The van der Waals surface area contributed by atoms with Gasteiger partial charge in [0.05, 0.1) is 12.6 Å². The topological polar surface area (TPSA) is 52.6 Å². The van der Waals surface area contributed by atoms with Gasteiger partial charge in [-0.15, -0.1) is 0 Å². The van der Waals surface area contributed by atoms with Crippen molar-refractivity contribution in [1.82, 2.24) is 10.2 Å². The van der Waals surface area contributed by atoms with E-state index in [0.717, 1.165) is 18.7 Å². The van der Waals surface area contributed by atoms with Crippen LogP contribution in [0.15, 0.2) is 30.3 Å². The first-order valence-corrected chi connectivity index (χ1v) is 6.40. The van der Waals surface area contributed by atoms with Crippen molar-refractivity contribution in [1.29, 1.82) is 0 Å². The molecule has 1 atom stereocenters. The van der Waals surface area contributed by atoms with E-state index >= 15 is 0 Å². The fraction of sp³-hybridized carbons (Fsp3) is 0.500. The number of hydrogen-bond donors (Lipinski definition) is 2. The predicted molar refractivity (Wildman–Crippen MR) is 72.2 cm³/mol. The normalized spacial score (nSPS) is 12.2. The molecule has 0 saturated heterocycles. The number of aliphatic hydroxyl groups excluding tert-OH is 1. The van der Waals surface area contributed by atoms with Gasteiger partial charge in [0, 0.05) is 19.6 Å². The smallest absolute Gasteiger partial charge is 0.236 e. The monoisotopic (exact) mass is 250 g/mol. The molecule has 4 nitrogen and oxygen atoms in total. The lowest BCUT2D eigenvalue weighted by Crippen LogP contribution is -2.39. The van der Waals surface area contributed by atoms with Gasteiger partial charge in [-0.1, -0.05) is 30.3 Å². The van der Waals surface area contributed by atoms with Crippen LogP contribution in [0.25, 0.3) is 0 Å². The van der Waals surface area contributed by atoms with E-state index in [-0.39, 0.29) is 12.5 Å². The Balaban J connectivity index is 2.32. The quantitative estimate of drug-likeness (QED) is 0.764. The highest BCUT2D eigenvalue weighted by Crippen LogP contribution is 2.10. The summed E-state index contributed by atoms with van der Waals surface area (Å²) >= 11 is 0. The number of rotatable bonds is 7. The largest absolute Gasteiger partial charge is 0.387 e. The third-order valence-corrected chi connectivity index (χ3v) is 2.91. The van der Waals surface area contributed by atoms with Gasteiger partial charge in [0.1, 0.15) is 0 Å².